The van der Waals surface area contributed by atoms with Gasteiger partial charge in [0.1, 0.15) is 11.6 Å². The monoisotopic (exact) mass is 418 g/mol. The lowest BCUT2D eigenvalue weighted by Crippen LogP contribution is -2.41. The number of carbonyl (C=O) groups is 1. The van der Waals surface area contributed by atoms with Gasteiger partial charge in [0.05, 0.1) is 17.9 Å². The van der Waals surface area contributed by atoms with Crippen molar-refractivity contribution in [1.29, 1.82) is 0 Å². The smallest absolute Gasteiger partial charge is 0.224 e. The van der Waals surface area contributed by atoms with Gasteiger partial charge in [-0.15, -0.1) is 6.42 Å². The van der Waals surface area contributed by atoms with Crippen LogP contribution >= 0.6 is 0 Å². The lowest BCUT2D eigenvalue weighted by atomic mass is 9.73. The summed E-state index contributed by atoms with van der Waals surface area (Å²) in [6, 6.07) is 8.25. The number of Topliss-reactive ketones (excluding diaryl/α,β-unsaturated/α-hetero) is 1. The Morgan fingerprint density at radius 2 is 2.10 bits per heavy atom. The van der Waals surface area contributed by atoms with Crippen molar-refractivity contribution in [2.45, 2.75) is 64.0 Å². The van der Waals surface area contributed by atoms with Crippen LogP contribution in [0.3, 0.4) is 0 Å². The number of fused-ring (bicyclic) bond motifs is 1. The molecular weight excluding hydrogens is 388 g/mol. The molecule has 3 atom stereocenters. The minimum absolute atomic E-state index is 0.0674. The summed E-state index contributed by atoms with van der Waals surface area (Å²) in [4.78, 5) is 21.3. The third kappa shape index (κ3) is 4.57. The Kier molecular flexibility index (Phi) is 5.97. The second kappa shape index (κ2) is 8.68. The zero-order chi connectivity index (χ0) is 22.0. The number of hydrogen-bond acceptors (Lipinski definition) is 6. The van der Waals surface area contributed by atoms with Gasteiger partial charge < -0.3 is 15.7 Å². The lowest BCUT2D eigenvalue weighted by Gasteiger charge is -2.40. The number of anilines is 2. The Hall–Kier alpha value is -2.91. The summed E-state index contributed by atoms with van der Waals surface area (Å²) in [7, 11) is 0. The third-order valence-electron chi connectivity index (χ3n) is 6.65. The van der Waals surface area contributed by atoms with Crippen molar-refractivity contribution >= 4 is 17.5 Å². The zero-order valence-electron chi connectivity index (χ0n) is 18.2. The molecule has 6 nitrogen and oxygen atoms in total. The molecule has 2 aromatic rings. The number of hydrogen-bond donors (Lipinski definition) is 3. The van der Waals surface area contributed by atoms with Gasteiger partial charge in [-0.2, -0.15) is 4.98 Å². The van der Waals surface area contributed by atoms with Gasteiger partial charge in [0.15, 0.2) is 0 Å². The molecular formula is C25H30N4O2. The second-order valence-corrected chi connectivity index (χ2v) is 9.34. The van der Waals surface area contributed by atoms with E-state index in [9.17, 15) is 9.90 Å². The van der Waals surface area contributed by atoms with Gasteiger partial charge >= 0.3 is 0 Å². The van der Waals surface area contributed by atoms with Crippen LogP contribution in [0.2, 0.25) is 0 Å². The fourth-order valence-corrected chi connectivity index (χ4v) is 4.79. The number of carbonyl (C=O) groups excluding carboxylic acids is 1. The first-order chi connectivity index (χ1) is 14.9. The predicted octanol–water partition coefficient (Wildman–Crippen LogP) is 3.52. The lowest BCUT2D eigenvalue weighted by molar-refractivity contribution is -0.119. The van der Waals surface area contributed by atoms with Crippen molar-refractivity contribution in [3.05, 3.63) is 47.2 Å². The molecule has 3 N–H and O–H groups in total. The second-order valence-electron chi connectivity index (χ2n) is 9.34. The number of aliphatic hydroxyl groups is 1. The molecule has 6 heteroatoms. The largest absolute Gasteiger partial charge is 0.393 e. The van der Waals surface area contributed by atoms with Gasteiger partial charge in [0.25, 0.3) is 0 Å². The summed E-state index contributed by atoms with van der Waals surface area (Å²) < 4.78 is 0. The van der Waals surface area contributed by atoms with Crippen molar-refractivity contribution in [3.63, 3.8) is 0 Å². The Morgan fingerprint density at radius 3 is 2.87 bits per heavy atom. The van der Waals surface area contributed by atoms with E-state index in [1.54, 1.807) is 6.20 Å². The molecule has 1 aromatic heterocycles. The summed E-state index contributed by atoms with van der Waals surface area (Å²) in [6.45, 7) is 4.77. The number of ketones is 1. The summed E-state index contributed by atoms with van der Waals surface area (Å²) in [5.74, 6) is 3.99. The number of benzene rings is 1. The Bertz CT molecular complexity index is 1010. The molecule has 2 aliphatic carbocycles. The van der Waals surface area contributed by atoms with Gasteiger partial charge in [-0.25, -0.2) is 4.98 Å². The Morgan fingerprint density at radius 1 is 1.29 bits per heavy atom. The van der Waals surface area contributed by atoms with E-state index in [2.05, 4.69) is 40.4 Å². The fraction of sp³-hybridized carbons (Fsp3) is 0.480. The molecule has 1 heterocycles. The average molecular weight is 419 g/mol. The topological polar surface area (TPSA) is 87.1 Å². The van der Waals surface area contributed by atoms with Crippen molar-refractivity contribution in [1.82, 2.24) is 9.97 Å². The van der Waals surface area contributed by atoms with Crippen LogP contribution in [-0.2, 0) is 11.2 Å². The van der Waals surface area contributed by atoms with Crippen molar-refractivity contribution in [2.75, 3.05) is 17.2 Å². The standard InChI is InChI=1S/C25H30N4O2/c1-4-16-15-27-24(29-23(16)28-18-9-10-22(31)25(2,3)14-18)26-12-11-20-19-8-6-5-7-17(19)13-21(20)30/h1,5-8,15,18,20,22,31H,9-14H2,2-3H3,(H2,26,27,28,29)/t18-,20?,22-/m1/s1. The Labute approximate surface area is 183 Å². The van der Waals surface area contributed by atoms with Crippen LogP contribution in [0.25, 0.3) is 0 Å². The quantitative estimate of drug-likeness (QED) is 0.622. The summed E-state index contributed by atoms with van der Waals surface area (Å²) in [6.07, 6.45) is 10.7. The Balaban J connectivity index is 1.40. The number of aliphatic hydroxyl groups excluding tert-OH is 1. The molecule has 1 fully saturated rings. The highest BCUT2D eigenvalue weighted by atomic mass is 16.3. The maximum atomic E-state index is 12.4. The molecule has 0 saturated heterocycles. The van der Waals surface area contributed by atoms with E-state index < -0.39 is 0 Å². The van der Waals surface area contributed by atoms with Crippen LogP contribution in [-0.4, -0.2) is 39.5 Å². The minimum Gasteiger partial charge on any atom is -0.393 e. The first kappa shape index (κ1) is 21.3. The van der Waals surface area contributed by atoms with E-state index in [4.69, 9.17) is 6.42 Å². The number of aromatic nitrogens is 2. The molecule has 4 rings (SSSR count). The zero-order valence-corrected chi connectivity index (χ0v) is 18.2. The fourth-order valence-electron chi connectivity index (χ4n) is 4.79. The normalized spacial score (nSPS) is 24.3. The molecule has 2 aliphatic rings. The van der Waals surface area contributed by atoms with E-state index in [0.717, 1.165) is 30.4 Å². The van der Waals surface area contributed by atoms with E-state index in [1.807, 2.05) is 24.3 Å². The first-order valence-electron chi connectivity index (χ1n) is 11.0. The molecule has 0 bridgehead atoms. The molecule has 1 unspecified atom stereocenters. The number of terminal acetylenes is 1. The maximum absolute atomic E-state index is 12.4. The van der Waals surface area contributed by atoms with Gasteiger partial charge in [-0.05, 0) is 42.2 Å². The molecule has 1 aromatic carbocycles. The first-order valence-corrected chi connectivity index (χ1v) is 11.0. The summed E-state index contributed by atoms with van der Waals surface area (Å²) in [5.41, 5.74) is 2.75. The number of nitrogens with zero attached hydrogens (tertiary/aromatic N) is 2. The molecule has 0 spiro atoms. The van der Waals surface area contributed by atoms with E-state index in [0.29, 0.717) is 36.7 Å². The highest BCUT2D eigenvalue weighted by Crippen LogP contribution is 2.37. The average Bonchev–Trinajstić information content (AvgIpc) is 3.06. The van der Waals surface area contributed by atoms with Crippen LogP contribution < -0.4 is 10.6 Å². The maximum Gasteiger partial charge on any atom is 0.224 e. The SMILES string of the molecule is C#Cc1cnc(NCCC2C(=O)Cc3ccccc32)nc1N[C@@H]1CC[C@@H](O)C(C)(C)C1. The van der Waals surface area contributed by atoms with Gasteiger partial charge in [0, 0.05) is 24.9 Å². The third-order valence-corrected chi connectivity index (χ3v) is 6.65. The van der Waals surface area contributed by atoms with Gasteiger partial charge in [-0.1, -0.05) is 44.0 Å². The van der Waals surface area contributed by atoms with Crippen molar-refractivity contribution in [3.8, 4) is 12.3 Å². The van der Waals surface area contributed by atoms with Gasteiger partial charge in [0.2, 0.25) is 5.95 Å². The van der Waals surface area contributed by atoms with Crippen LogP contribution in [0.4, 0.5) is 11.8 Å². The van der Waals surface area contributed by atoms with Crippen molar-refractivity contribution < 1.29 is 9.90 Å². The highest BCUT2D eigenvalue weighted by Gasteiger charge is 2.36. The van der Waals surface area contributed by atoms with Crippen LogP contribution in [0.15, 0.2) is 30.5 Å². The summed E-state index contributed by atoms with van der Waals surface area (Å²) in [5, 5.41) is 16.9. The summed E-state index contributed by atoms with van der Waals surface area (Å²) >= 11 is 0. The van der Waals surface area contributed by atoms with Crippen LogP contribution in [0.5, 0.6) is 0 Å². The number of rotatable bonds is 6. The van der Waals surface area contributed by atoms with E-state index in [-0.39, 0.29) is 29.3 Å². The van der Waals surface area contributed by atoms with Crippen molar-refractivity contribution in [2.24, 2.45) is 5.41 Å². The molecule has 0 amide bonds. The van der Waals surface area contributed by atoms with Crippen LogP contribution in [0, 0.1) is 17.8 Å². The molecule has 31 heavy (non-hydrogen) atoms. The van der Waals surface area contributed by atoms with E-state index in [1.165, 1.54) is 0 Å². The van der Waals surface area contributed by atoms with E-state index >= 15 is 0 Å². The van der Waals surface area contributed by atoms with Crippen LogP contribution in [0.1, 0.15) is 62.1 Å². The molecule has 0 radical (unpaired) electrons. The molecule has 0 aliphatic heterocycles. The molecule has 162 valence electrons. The van der Waals surface area contributed by atoms with Gasteiger partial charge in [-0.3, -0.25) is 4.79 Å². The molecule has 1 saturated carbocycles. The highest BCUT2D eigenvalue weighted by molar-refractivity contribution is 5.92. The predicted molar refractivity (Wildman–Crippen MR) is 122 cm³/mol. The number of nitrogens with one attached hydrogen (secondary N) is 2. The minimum atomic E-state index is -0.288.